The number of ether oxygens (including phenoxy) is 2. The molecule has 0 aliphatic heterocycles. The molecule has 0 amide bonds. The number of anilines is 2. The number of sulfonamides is 1. The van der Waals surface area contributed by atoms with Gasteiger partial charge in [0.2, 0.25) is 10.0 Å². The molecule has 0 aromatic heterocycles. The fourth-order valence-electron chi connectivity index (χ4n) is 1.17. The Morgan fingerprint density at radius 3 is 2.31 bits per heavy atom. The van der Waals surface area contributed by atoms with E-state index < -0.39 is 10.0 Å². The van der Waals surface area contributed by atoms with Gasteiger partial charge in [-0.3, -0.25) is 4.72 Å². The van der Waals surface area contributed by atoms with Crippen LogP contribution in [0, 0.1) is 0 Å². The fraction of sp³-hybridized carbons (Fsp3) is 0.333. The molecule has 0 fully saturated rings. The van der Waals surface area contributed by atoms with Crippen LogP contribution in [0.5, 0.6) is 11.5 Å². The number of benzene rings is 1. The number of rotatable bonds is 4. The number of hydrogen-bond donors (Lipinski definition) is 2. The zero-order chi connectivity index (χ0) is 12.3. The Hall–Kier alpha value is -1.63. The van der Waals surface area contributed by atoms with Crippen molar-refractivity contribution in [2.45, 2.75) is 0 Å². The van der Waals surface area contributed by atoms with Gasteiger partial charge in [0.25, 0.3) is 0 Å². The Balaban J connectivity index is 3.26. The molecule has 1 aromatic carbocycles. The van der Waals surface area contributed by atoms with Crippen molar-refractivity contribution in [3.05, 3.63) is 12.1 Å². The average Bonchev–Trinajstić information content (AvgIpc) is 2.19. The average molecular weight is 246 g/mol. The molecule has 90 valence electrons. The quantitative estimate of drug-likeness (QED) is 0.761. The maximum absolute atomic E-state index is 11.1. The van der Waals surface area contributed by atoms with Gasteiger partial charge in [-0.25, -0.2) is 8.42 Å². The van der Waals surface area contributed by atoms with E-state index in [1.54, 1.807) is 6.07 Å². The highest BCUT2D eigenvalue weighted by Crippen LogP contribution is 2.34. The maximum atomic E-state index is 11.1. The summed E-state index contributed by atoms with van der Waals surface area (Å²) in [6, 6.07) is 3.06. The molecule has 3 N–H and O–H groups in total. The minimum Gasteiger partial charge on any atom is -0.497 e. The van der Waals surface area contributed by atoms with Crippen LogP contribution < -0.4 is 19.9 Å². The lowest BCUT2D eigenvalue weighted by Crippen LogP contribution is -2.11. The molecule has 0 bridgehead atoms. The SMILES string of the molecule is COc1cc(NS(C)(=O)=O)c(N)c(OC)c1. The second-order valence-electron chi connectivity index (χ2n) is 3.17. The second kappa shape index (κ2) is 4.48. The van der Waals surface area contributed by atoms with Gasteiger partial charge in [0.05, 0.1) is 31.9 Å². The van der Waals surface area contributed by atoms with Crippen molar-refractivity contribution in [2.24, 2.45) is 0 Å². The molecule has 6 nitrogen and oxygen atoms in total. The van der Waals surface area contributed by atoms with E-state index in [1.165, 1.54) is 20.3 Å². The summed E-state index contributed by atoms with van der Waals surface area (Å²) in [7, 11) is -0.483. The smallest absolute Gasteiger partial charge is 0.229 e. The lowest BCUT2D eigenvalue weighted by Gasteiger charge is -2.13. The summed E-state index contributed by atoms with van der Waals surface area (Å²) < 4.78 is 34.5. The van der Waals surface area contributed by atoms with Gasteiger partial charge in [0.15, 0.2) is 0 Å². The third-order valence-corrected chi connectivity index (χ3v) is 2.46. The zero-order valence-electron chi connectivity index (χ0n) is 9.27. The predicted molar refractivity (Wildman–Crippen MR) is 62.4 cm³/mol. The normalized spacial score (nSPS) is 10.9. The van der Waals surface area contributed by atoms with E-state index in [4.69, 9.17) is 15.2 Å². The maximum Gasteiger partial charge on any atom is 0.229 e. The molecule has 1 rings (SSSR count). The number of methoxy groups -OCH3 is 2. The third kappa shape index (κ3) is 2.93. The molecular formula is C9H14N2O4S. The molecule has 1 aromatic rings. The molecule has 0 aliphatic carbocycles. The minimum absolute atomic E-state index is 0.216. The van der Waals surface area contributed by atoms with Gasteiger partial charge in [0, 0.05) is 12.1 Å². The summed E-state index contributed by atoms with van der Waals surface area (Å²) in [5.41, 5.74) is 6.17. The highest BCUT2D eigenvalue weighted by Gasteiger charge is 2.12. The molecule has 0 radical (unpaired) electrons. The Bertz CT molecular complexity index is 485. The van der Waals surface area contributed by atoms with E-state index in [0.29, 0.717) is 11.5 Å². The van der Waals surface area contributed by atoms with Gasteiger partial charge in [-0.1, -0.05) is 0 Å². The van der Waals surface area contributed by atoms with E-state index in [2.05, 4.69) is 4.72 Å². The summed E-state index contributed by atoms with van der Waals surface area (Å²) in [4.78, 5) is 0. The van der Waals surface area contributed by atoms with Crippen molar-refractivity contribution in [2.75, 3.05) is 30.9 Å². The highest BCUT2D eigenvalue weighted by molar-refractivity contribution is 7.92. The zero-order valence-corrected chi connectivity index (χ0v) is 10.1. The van der Waals surface area contributed by atoms with E-state index in [1.807, 2.05) is 0 Å². The van der Waals surface area contributed by atoms with E-state index in [-0.39, 0.29) is 11.4 Å². The first-order valence-electron chi connectivity index (χ1n) is 4.36. The van der Waals surface area contributed by atoms with Gasteiger partial charge in [-0.2, -0.15) is 0 Å². The summed E-state index contributed by atoms with van der Waals surface area (Å²) >= 11 is 0. The van der Waals surface area contributed by atoms with Crippen molar-refractivity contribution in [3.63, 3.8) is 0 Å². The summed E-state index contributed by atoms with van der Waals surface area (Å²) in [6.45, 7) is 0. The molecule has 0 saturated heterocycles. The molecule has 16 heavy (non-hydrogen) atoms. The highest BCUT2D eigenvalue weighted by atomic mass is 32.2. The predicted octanol–water partition coefficient (Wildman–Crippen LogP) is 0.657. The molecule has 0 heterocycles. The lowest BCUT2D eigenvalue weighted by molar-refractivity contribution is 0.396. The number of nitrogens with one attached hydrogen (secondary N) is 1. The Labute approximate surface area is 94.4 Å². The van der Waals surface area contributed by atoms with Crippen molar-refractivity contribution in [3.8, 4) is 11.5 Å². The van der Waals surface area contributed by atoms with Gasteiger partial charge >= 0.3 is 0 Å². The van der Waals surface area contributed by atoms with Crippen LogP contribution in [0.3, 0.4) is 0 Å². The van der Waals surface area contributed by atoms with Crippen LogP contribution in [0.1, 0.15) is 0 Å². The van der Waals surface area contributed by atoms with Gasteiger partial charge in [-0.05, 0) is 0 Å². The molecular weight excluding hydrogens is 232 g/mol. The topological polar surface area (TPSA) is 90.7 Å². The van der Waals surface area contributed by atoms with Crippen LogP contribution >= 0.6 is 0 Å². The molecule has 0 spiro atoms. The minimum atomic E-state index is -3.39. The van der Waals surface area contributed by atoms with Crippen LogP contribution in [0.15, 0.2) is 12.1 Å². The fourth-order valence-corrected chi connectivity index (χ4v) is 1.74. The third-order valence-electron chi connectivity index (χ3n) is 1.87. The number of nitrogen functional groups attached to an aromatic ring is 1. The van der Waals surface area contributed by atoms with Crippen molar-refractivity contribution in [1.29, 1.82) is 0 Å². The van der Waals surface area contributed by atoms with Crippen molar-refractivity contribution < 1.29 is 17.9 Å². The van der Waals surface area contributed by atoms with Crippen LogP contribution in [0.25, 0.3) is 0 Å². The van der Waals surface area contributed by atoms with Gasteiger partial charge in [-0.15, -0.1) is 0 Å². The second-order valence-corrected chi connectivity index (χ2v) is 4.91. The van der Waals surface area contributed by atoms with Crippen molar-refractivity contribution >= 4 is 21.4 Å². The van der Waals surface area contributed by atoms with Crippen LogP contribution in [-0.4, -0.2) is 28.9 Å². The Kier molecular flexibility index (Phi) is 3.48. The number of hydrogen-bond acceptors (Lipinski definition) is 5. The molecule has 0 atom stereocenters. The molecule has 0 saturated carbocycles. The van der Waals surface area contributed by atoms with Crippen molar-refractivity contribution in [1.82, 2.24) is 0 Å². The Morgan fingerprint density at radius 1 is 1.25 bits per heavy atom. The first kappa shape index (κ1) is 12.4. The largest absolute Gasteiger partial charge is 0.497 e. The first-order chi connectivity index (χ1) is 7.37. The van der Waals surface area contributed by atoms with Crippen LogP contribution in [0.2, 0.25) is 0 Å². The summed E-state index contributed by atoms with van der Waals surface area (Å²) in [5, 5.41) is 0. The van der Waals surface area contributed by atoms with Gasteiger partial charge in [0.1, 0.15) is 11.5 Å². The lowest BCUT2D eigenvalue weighted by atomic mass is 10.2. The summed E-state index contributed by atoms with van der Waals surface area (Å²) in [5.74, 6) is 0.808. The summed E-state index contributed by atoms with van der Waals surface area (Å²) in [6.07, 6.45) is 1.04. The number of nitrogens with two attached hydrogens (primary N) is 1. The molecule has 0 aliphatic rings. The van der Waals surface area contributed by atoms with E-state index in [9.17, 15) is 8.42 Å². The van der Waals surface area contributed by atoms with E-state index >= 15 is 0 Å². The standard InChI is InChI=1S/C9H14N2O4S/c1-14-6-4-7(11-16(3,12)13)9(10)8(5-6)15-2/h4-5,11H,10H2,1-3H3. The monoisotopic (exact) mass is 246 g/mol. The molecule has 0 unspecified atom stereocenters. The van der Waals surface area contributed by atoms with E-state index in [0.717, 1.165) is 6.26 Å². The van der Waals surface area contributed by atoms with Crippen LogP contribution in [0.4, 0.5) is 11.4 Å². The molecule has 7 heteroatoms. The van der Waals surface area contributed by atoms with Gasteiger partial charge < -0.3 is 15.2 Å². The Morgan fingerprint density at radius 2 is 1.88 bits per heavy atom. The first-order valence-corrected chi connectivity index (χ1v) is 6.26. The van der Waals surface area contributed by atoms with Crippen LogP contribution in [-0.2, 0) is 10.0 Å².